The maximum atomic E-state index is 11.4. The summed E-state index contributed by atoms with van der Waals surface area (Å²) in [6.45, 7) is 4.17. The number of nitrogens with two attached hydrogens (primary N) is 2. The number of rotatable bonds is 4. The van der Waals surface area contributed by atoms with Crippen LogP contribution in [0.5, 0.6) is 5.75 Å². The second kappa shape index (κ2) is 5.65. The first-order valence-electron chi connectivity index (χ1n) is 5.45. The Bertz CT molecular complexity index is 405. The van der Waals surface area contributed by atoms with Crippen LogP contribution in [0.15, 0.2) is 18.2 Å². The van der Waals surface area contributed by atoms with Gasteiger partial charge in [-0.25, -0.2) is 5.84 Å². The van der Waals surface area contributed by atoms with Gasteiger partial charge >= 0.3 is 0 Å². The first-order chi connectivity index (χ1) is 8.01. The van der Waals surface area contributed by atoms with E-state index < -0.39 is 11.9 Å². The van der Waals surface area contributed by atoms with Crippen LogP contribution in [0.25, 0.3) is 0 Å². The largest absolute Gasteiger partial charge is 0.496 e. The molecule has 0 saturated carbocycles. The van der Waals surface area contributed by atoms with Crippen molar-refractivity contribution in [2.75, 3.05) is 7.11 Å². The van der Waals surface area contributed by atoms with E-state index >= 15 is 0 Å². The van der Waals surface area contributed by atoms with Crippen LogP contribution in [-0.2, 0) is 4.79 Å². The number of ether oxygens (including phenoxy) is 1. The van der Waals surface area contributed by atoms with Gasteiger partial charge in [0.25, 0.3) is 5.91 Å². The standard InChI is InChI=1S/C12H19N3O2/c1-7(2)8-4-5-9(10(6-8)17-3)11(13)12(16)15-14/h4-7,11H,13-14H2,1-3H3,(H,15,16). The fraction of sp³-hybridized carbons (Fsp3) is 0.417. The molecule has 17 heavy (non-hydrogen) atoms. The van der Waals surface area contributed by atoms with Crippen molar-refractivity contribution < 1.29 is 9.53 Å². The number of benzene rings is 1. The number of methoxy groups -OCH3 is 1. The zero-order valence-electron chi connectivity index (χ0n) is 10.4. The predicted octanol–water partition coefficient (Wildman–Crippen LogP) is 0.808. The van der Waals surface area contributed by atoms with E-state index in [1.165, 1.54) is 0 Å². The molecule has 0 aliphatic rings. The number of hydrogen-bond donors (Lipinski definition) is 3. The molecule has 1 rings (SSSR count). The van der Waals surface area contributed by atoms with Crippen LogP contribution in [0.1, 0.15) is 36.9 Å². The Morgan fingerprint density at radius 2 is 2.06 bits per heavy atom. The monoisotopic (exact) mass is 237 g/mol. The number of nitrogens with one attached hydrogen (secondary N) is 1. The molecule has 0 spiro atoms. The minimum atomic E-state index is -0.823. The van der Waals surface area contributed by atoms with E-state index in [-0.39, 0.29) is 0 Å². The molecule has 1 aromatic rings. The van der Waals surface area contributed by atoms with E-state index in [2.05, 4.69) is 13.8 Å². The molecule has 0 bridgehead atoms. The van der Waals surface area contributed by atoms with Gasteiger partial charge < -0.3 is 10.5 Å². The Kier molecular flexibility index (Phi) is 4.48. The summed E-state index contributed by atoms with van der Waals surface area (Å²) in [4.78, 5) is 11.4. The molecule has 0 saturated heterocycles. The van der Waals surface area contributed by atoms with Crippen LogP contribution in [-0.4, -0.2) is 13.0 Å². The Morgan fingerprint density at radius 1 is 1.41 bits per heavy atom. The Hall–Kier alpha value is -1.59. The SMILES string of the molecule is COc1cc(C(C)C)ccc1C(N)C(=O)NN. The predicted molar refractivity (Wildman–Crippen MR) is 66.3 cm³/mol. The van der Waals surface area contributed by atoms with Gasteiger partial charge in [0.15, 0.2) is 0 Å². The van der Waals surface area contributed by atoms with Gasteiger partial charge in [-0.05, 0) is 17.5 Å². The van der Waals surface area contributed by atoms with Crippen molar-refractivity contribution in [1.82, 2.24) is 5.43 Å². The molecule has 1 atom stereocenters. The van der Waals surface area contributed by atoms with E-state index in [0.29, 0.717) is 17.2 Å². The third kappa shape index (κ3) is 2.95. The molecule has 1 unspecified atom stereocenters. The zero-order valence-corrected chi connectivity index (χ0v) is 10.4. The van der Waals surface area contributed by atoms with Crippen molar-refractivity contribution in [2.24, 2.45) is 11.6 Å². The zero-order chi connectivity index (χ0) is 13.0. The summed E-state index contributed by atoms with van der Waals surface area (Å²) < 4.78 is 5.25. The lowest BCUT2D eigenvalue weighted by Gasteiger charge is -2.16. The number of hydrogen-bond acceptors (Lipinski definition) is 4. The molecule has 1 amide bonds. The molecule has 94 valence electrons. The highest BCUT2D eigenvalue weighted by atomic mass is 16.5. The lowest BCUT2D eigenvalue weighted by atomic mass is 9.98. The lowest BCUT2D eigenvalue weighted by Crippen LogP contribution is -2.38. The van der Waals surface area contributed by atoms with Gasteiger partial charge in [0, 0.05) is 5.56 Å². The second-order valence-corrected chi connectivity index (χ2v) is 4.14. The van der Waals surface area contributed by atoms with Crippen LogP contribution < -0.4 is 21.7 Å². The molecule has 0 heterocycles. The Balaban J connectivity index is 3.12. The topological polar surface area (TPSA) is 90.4 Å². The van der Waals surface area contributed by atoms with Gasteiger partial charge in [-0.15, -0.1) is 0 Å². The number of carbonyl (C=O) groups is 1. The fourth-order valence-corrected chi connectivity index (χ4v) is 1.57. The highest BCUT2D eigenvalue weighted by molar-refractivity contribution is 5.83. The van der Waals surface area contributed by atoms with Crippen molar-refractivity contribution in [2.45, 2.75) is 25.8 Å². The Morgan fingerprint density at radius 3 is 2.53 bits per heavy atom. The maximum Gasteiger partial charge on any atom is 0.255 e. The summed E-state index contributed by atoms with van der Waals surface area (Å²) in [7, 11) is 1.55. The van der Waals surface area contributed by atoms with E-state index in [0.717, 1.165) is 5.56 Å². The third-order valence-electron chi connectivity index (χ3n) is 2.68. The number of carbonyl (C=O) groups excluding carboxylic acids is 1. The van der Waals surface area contributed by atoms with Crippen molar-refractivity contribution >= 4 is 5.91 Å². The molecule has 0 aliphatic heterocycles. The molecular formula is C12H19N3O2. The molecule has 5 heteroatoms. The molecule has 5 nitrogen and oxygen atoms in total. The second-order valence-electron chi connectivity index (χ2n) is 4.14. The van der Waals surface area contributed by atoms with E-state index in [1.807, 2.05) is 17.6 Å². The van der Waals surface area contributed by atoms with Gasteiger partial charge in [0.1, 0.15) is 11.8 Å². The van der Waals surface area contributed by atoms with Crippen molar-refractivity contribution in [3.8, 4) is 5.75 Å². The molecule has 5 N–H and O–H groups in total. The average molecular weight is 237 g/mol. The summed E-state index contributed by atoms with van der Waals surface area (Å²) in [5.74, 6) is 5.61. The maximum absolute atomic E-state index is 11.4. The van der Waals surface area contributed by atoms with Crippen molar-refractivity contribution in [3.63, 3.8) is 0 Å². The Labute approximate surface area is 101 Å². The molecule has 0 radical (unpaired) electrons. The minimum absolute atomic E-state index is 0.387. The lowest BCUT2D eigenvalue weighted by molar-refractivity contribution is -0.122. The van der Waals surface area contributed by atoms with Crippen LogP contribution in [0, 0.1) is 0 Å². The summed E-state index contributed by atoms with van der Waals surface area (Å²) in [5, 5.41) is 0. The summed E-state index contributed by atoms with van der Waals surface area (Å²) in [5.41, 5.74) is 9.57. The van der Waals surface area contributed by atoms with Gasteiger partial charge in [0.2, 0.25) is 0 Å². The third-order valence-corrected chi connectivity index (χ3v) is 2.68. The quantitative estimate of drug-likeness (QED) is 0.410. The highest BCUT2D eigenvalue weighted by Crippen LogP contribution is 2.28. The van der Waals surface area contributed by atoms with Crippen LogP contribution in [0.3, 0.4) is 0 Å². The summed E-state index contributed by atoms with van der Waals surface area (Å²) in [6, 6.07) is 4.81. The summed E-state index contributed by atoms with van der Waals surface area (Å²) >= 11 is 0. The normalized spacial score (nSPS) is 12.4. The number of hydrazine groups is 1. The van der Waals surface area contributed by atoms with E-state index in [1.54, 1.807) is 13.2 Å². The molecule has 0 aliphatic carbocycles. The van der Waals surface area contributed by atoms with Crippen LogP contribution in [0.2, 0.25) is 0 Å². The highest BCUT2D eigenvalue weighted by Gasteiger charge is 2.19. The van der Waals surface area contributed by atoms with Gasteiger partial charge in [0.05, 0.1) is 7.11 Å². The van der Waals surface area contributed by atoms with E-state index in [4.69, 9.17) is 16.3 Å². The number of amides is 1. The average Bonchev–Trinajstić information content (AvgIpc) is 2.35. The first kappa shape index (κ1) is 13.5. The molecule has 0 aromatic heterocycles. The van der Waals surface area contributed by atoms with Crippen LogP contribution >= 0.6 is 0 Å². The first-order valence-corrected chi connectivity index (χ1v) is 5.45. The van der Waals surface area contributed by atoms with Crippen molar-refractivity contribution in [1.29, 1.82) is 0 Å². The van der Waals surface area contributed by atoms with Crippen molar-refractivity contribution in [3.05, 3.63) is 29.3 Å². The van der Waals surface area contributed by atoms with Gasteiger partial charge in [-0.3, -0.25) is 10.2 Å². The van der Waals surface area contributed by atoms with Gasteiger partial charge in [-0.2, -0.15) is 0 Å². The fourth-order valence-electron chi connectivity index (χ4n) is 1.57. The van der Waals surface area contributed by atoms with Gasteiger partial charge in [-0.1, -0.05) is 26.0 Å². The van der Waals surface area contributed by atoms with Crippen LogP contribution in [0.4, 0.5) is 0 Å². The molecular weight excluding hydrogens is 218 g/mol. The van der Waals surface area contributed by atoms with E-state index in [9.17, 15) is 4.79 Å². The molecule has 1 aromatic carbocycles. The smallest absolute Gasteiger partial charge is 0.255 e. The summed E-state index contributed by atoms with van der Waals surface area (Å²) in [6.07, 6.45) is 0. The molecule has 0 fully saturated rings. The minimum Gasteiger partial charge on any atom is -0.496 e.